The number of amides is 2. The number of aryl methyl sites for hydroxylation is 1. The van der Waals surface area contributed by atoms with E-state index in [2.05, 4.69) is 26.6 Å². The van der Waals surface area contributed by atoms with Crippen LogP contribution in [0.3, 0.4) is 0 Å². The topological polar surface area (TPSA) is 130 Å². The van der Waals surface area contributed by atoms with Gasteiger partial charge < -0.3 is 34.6 Å². The molecule has 3 fully saturated rings. The van der Waals surface area contributed by atoms with Crippen molar-refractivity contribution in [3.8, 4) is 34.3 Å². The molecule has 2 amide bonds. The summed E-state index contributed by atoms with van der Waals surface area (Å²) in [5.41, 5.74) is 12.8. The van der Waals surface area contributed by atoms with Crippen LogP contribution in [0.5, 0.6) is 11.5 Å². The number of hydrogen-bond donors (Lipinski definition) is 2. The lowest BCUT2D eigenvalue weighted by Gasteiger charge is -2.27. The normalized spacial score (nSPS) is 21.9. The number of piperidine rings is 1. The molecule has 0 radical (unpaired) electrons. The number of anilines is 1. The van der Waals surface area contributed by atoms with Gasteiger partial charge >= 0.3 is 0 Å². The van der Waals surface area contributed by atoms with Crippen molar-refractivity contribution in [2.45, 2.75) is 44.3 Å². The van der Waals surface area contributed by atoms with Crippen molar-refractivity contribution in [2.24, 2.45) is 24.6 Å². The molecule has 9 rings (SSSR count). The lowest BCUT2D eigenvalue weighted by Crippen LogP contribution is -2.41. The second-order valence-electron chi connectivity index (χ2n) is 13.2. The Kier molecular flexibility index (Phi) is 5.99. The average molecular weight is 618 g/mol. The molecule has 2 aliphatic carbocycles. The van der Waals surface area contributed by atoms with E-state index in [0.717, 1.165) is 58.7 Å². The zero-order valence-electron chi connectivity index (χ0n) is 25.8. The number of fused-ring (bicyclic) bond motifs is 5. The number of nitrogens with two attached hydrogens (primary N) is 1. The summed E-state index contributed by atoms with van der Waals surface area (Å²) in [6.07, 6.45) is 4.44. The molecule has 3 aromatic heterocycles. The number of likely N-dealkylation sites (tertiary alicyclic amines) is 1. The fourth-order valence-electron chi connectivity index (χ4n) is 7.72. The number of rotatable bonds is 6. The monoisotopic (exact) mass is 617 g/mol. The van der Waals surface area contributed by atoms with E-state index in [0.29, 0.717) is 46.6 Å². The van der Waals surface area contributed by atoms with Crippen LogP contribution in [0.25, 0.3) is 44.8 Å². The number of carbonyl (C=O) groups excluding carboxylic acids is 2. The third-order valence-corrected chi connectivity index (χ3v) is 10.3. The summed E-state index contributed by atoms with van der Waals surface area (Å²) in [6, 6.07) is 15.9. The lowest BCUT2D eigenvalue weighted by atomic mass is 10.1. The highest BCUT2D eigenvalue weighted by atomic mass is 16.5. The number of hydrogen-bond acceptors (Lipinski definition) is 7. The molecule has 2 aromatic carbocycles. The molecule has 11 nitrogen and oxygen atoms in total. The number of pyridine rings is 1. The van der Waals surface area contributed by atoms with Crippen LogP contribution in [-0.2, 0) is 18.4 Å². The first-order valence-electron chi connectivity index (χ1n) is 16.0. The number of nitrogens with one attached hydrogen (secondary N) is 1. The van der Waals surface area contributed by atoms with Crippen LogP contribution >= 0.6 is 0 Å². The van der Waals surface area contributed by atoms with Crippen molar-refractivity contribution in [2.75, 3.05) is 25.6 Å². The Morgan fingerprint density at radius 1 is 1.09 bits per heavy atom. The Bertz CT molecular complexity index is 2090. The van der Waals surface area contributed by atoms with E-state index in [1.54, 1.807) is 7.11 Å². The second kappa shape index (κ2) is 10.1. The van der Waals surface area contributed by atoms with Crippen LogP contribution in [0.2, 0.25) is 0 Å². The van der Waals surface area contributed by atoms with E-state index in [1.807, 2.05) is 48.3 Å². The standard InChI is InChI=1S/C35H35N7O4/c1-40-32-25(11-22(14-29(32)45-2)35(44)42-16-21-7-10-26(42)31(21)36)39-34(40)27-12-20-6-8-23(38-33(20)41(27)15-18-3-4-18)19-5-9-24-28(13-19)46-17-30(43)37-24/h5-6,8-9,11-14,18,21,26,31H,3-4,7,10,15-17,36H2,1-2H3,(H,37,43). The van der Waals surface area contributed by atoms with Gasteiger partial charge in [-0.3, -0.25) is 9.59 Å². The summed E-state index contributed by atoms with van der Waals surface area (Å²) in [7, 11) is 3.63. The van der Waals surface area contributed by atoms with E-state index in [9.17, 15) is 9.59 Å². The minimum Gasteiger partial charge on any atom is -0.494 e. The van der Waals surface area contributed by atoms with E-state index in [1.165, 1.54) is 12.8 Å². The van der Waals surface area contributed by atoms with Gasteiger partial charge in [0.15, 0.2) is 12.4 Å². The van der Waals surface area contributed by atoms with Gasteiger partial charge in [-0.25, -0.2) is 9.97 Å². The molecule has 46 heavy (non-hydrogen) atoms. The number of methoxy groups -OCH3 is 1. The highest BCUT2D eigenvalue weighted by molar-refractivity contribution is 6.01. The van der Waals surface area contributed by atoms with E-state index >= 15 is 0 Å². The highest BCUT2D eigenvalue weighted by Crippen LogP contribution is 2.41. The Labute approximate surface area is 265 Å². The predicted octanol–water partition coefficient (Wildman–Crippen LogP) is 4.57. The molecule has 4 aliphatic rings. The summed E-state index contributed by atoms with van der Waals surface area (Å²) < 4.78 is 15.9. The van der Waals surface area contributed by atoms with Crippen LogP contribution in [0.15, 0.2) is 48.5 Å². The van der Waals surface area contributed by atoms with Gasteiger partial charge in [0.25, 0.3) is 11.8 Å². The van der Waals surface area contributed by atoms with Gasteiger partial charge in [-0.1, -0.05) is 6.07 Å². The van der Waals surface area contributed by atoms with E-state index < -0.39 is 0 Å². The SMILES string of the molecule is COc1cc(C(=O)N2CC3CCC2C3N)cc2nc(-c3cc4ccc(-c5ccc6c(c5)OCC(=O)N6)nc4n3CC3CC3)n(C)c12. The van der Waals surface area contributed by atoms with Gasteiger partial charge in [0.05, 0.1) is 29.7 Å². The van der Waals surface area contributed by atoms with Crippen LogP contribution in [0.1, 0.15) is 36.0 Å². The smallest absolute Gasteiger partial charge is 0.262 e. The maximum Gasteiger partial charge on any atom is 0.262 e. The van der Waals surface area contributed by atoms with Gasteiger partial charge in [0.1, 0.15) is 22.7 Å². The van der Waals surface area contributed by atoms with Crippen LogP contribution in [-0.4, -0.2) is 68.2 Å². The number of nitrogens with zero attached hydrogens (tertiary/aromatic N) is 5. The maximum absolute atomic E-state index is 13.7. The lowest BCUT2D eigenvalue weighted by molar-refractivity contribution is -0.118. The molecule has 2 saturated carbocycles. The average Bonchev–Trinajstić information content (AvgIpc) is 3.47. The Hall–Kier alpha value is -4.90. The van der Waals surface area contributed by atoms with E-state index in [-0.39, 0.29) is 30.5 Å². The molecule has 1 saturated heterocycles. The first-order chi connectivity index (χ1) is 22.4. The largest absolute Gasteiger partial charge is 0.494 e. The summed E-state index contributed by atoms with van der Waals surface area (Å²) in [5, 5.41) is 3.87. The van der Waals surface area contributed by atoms with Crippen LogP contribution < -0.4 is 20.5 Å². The minimum atomic E-state index is -0.157. The molecule has 3 unspecified atom stereocenters. The third-order valence-electron chi connectivity index (χ3n) is 10.3. The molecular formula is C35H35N7O4. The summed E-state index contributed by atoms with van der Waals surface area (Å²) in [4.78, 5) is 37.7. The minimum absolute atomic E-state index is 0.00236. The summed E-state index contributed by atoms with van der Waals surface area (Å²) in [6.45, 7) is 1.56. The Balaban J connectivity index is 1.13. The maximum atomic E-state index is 13.7. The Morgan fingerprint density at radius 2 is 1.96 bits per heavy atom. The number of ether oxygens (including phenoxy) is 2. The van der Waals surface area contributed by atoms with Crippen molar-refractivity contribution >= 4 is 39.6 Å². The van der Waals surface area contributed by atoms with Crippen LogP contribution in [0, 0.1) is 11.8 Å². The van der Waals surface area contributed by atoms with Gasteiger partial charge in [-0.15, -0.1) is 0 Å². The molecular weight excluding hydrogens is 582 g/mol. The molecule has 0 spiro atoms. The number of imidazole rings is 1. The summed E-state index contributed by atoms with van der Waals surface area (Å²) in [5.74, 6) is 2.85. The van der Waals surface area contributed by atoms with Crippen molar-refractivity contribution in [1.29, 1.82) is 0 Å². The second-order valence-corrected chi connectivity index (χ2v) is 13.2. The quantitative estimate of drug-likeness (QED) is 0.286. The molecule has 2 bridgehead atoms. The van der Waals surface area contributed by atoms with Crippen LogP contribution in [0.4, 0.5) is 5.69 Å². The molecule has 3 N–H and O–H groups in total. The van der Waals surface area contributed by atoms with Crippen molar-refractivity contribution < 1.29 is 19.1 Å². The molecule has 11 heteroatoms. The van der Waals surface area contributed by atoms with Gasteiger partial charge in [0, 0.05) is 48.7 Å². The zero-order valence-corrected chi connectivity index (χ0v) is 25.8. The fourth-order valence-corrected chi connectivity index (χ4v) is 7.72. The third kappa shape index (κ3) is 4.21. The molecule has 5 heterocycles. The fraction of sp³-hybridized carbons (Fsp3) is 0.371. The van der Waals surface area contributed by atoms with Crippen molar-refractivity contribution in [3.05, 3.63) is 54.1 Å². The number of aromatic nitrogens is 4. The molecule has 234 valence electrons. The summed E-state index contributed by atoms with van der Waals surface area (Å²) >= 11 is 0. The van der Waals surface area contributed by atoms with E-state index in [4.69, 9.17) is 25.2 Å². The molecule has 5 aromatic rings. The number of carbonyl (C=O) groups is 2. The Morgan fingerprint density at radius 3 is 2.72 bits per heavy atom. The first-order valence-corrected chi connectivity index (χ1v) is 16.0. The highest BCUT2D eigenvalue weighted by Gasteiger charge is 2.47. The van der Waals surface area contributed by atoms with Crippen molar-refractivity contribution in [3.63, 3.8) is 0 Å². The zero-order chi connectivity index (χ0) is 31.3. The van der Waals surface area contributed by atoms with Gasteiger partial charge in [-0.05, 0) is 80.0 Å². The van der Waals surface area contributed by atoms with Gasteiger partial charge in [0.2, 0.25) is 0 Å². The van der Waals surface area contributed by atoms with Crippen molar-refractivity contribution in [1.82, 2.24) is 24.0 Å². The number of benzene rings is 2. The molecule has 3 atom stereocenters. The predicted molar refractivity (Wildman–Crippen MR) is 174 cm³/mol. The molecule has 2 aliphatic heterocycles. The first kappa shape index (κ1) is 27.4. The van der Waals surface area contributed by atoms with Gasteiger partial charge in [-0.2, -0.15) is 0 Å².